The van der Waals surface area contributed by atoms with Crippen LogP contribution in [0.1, 0.15) is 37.3 Å². The molecule has 1 saturated heterocycles. The third-order valence-corrected chi connectivity index (χ3v) is 4.17. The summed E-state index contributed by atoms with van der Waals surface area (Å²) in [5.74, 6) is 0.618. The molecular weight excluding hydrogens is 251 g/mol. The summed E-state index contributed by atoms with van der Waals surface area (Å²) >= 11 is 0. The number of likely N-dealkylation sites (tertiary alicyclic amines) is 1. The molecule has 0 aliphatic carbocycles. The number of nitrogens with one attached hydrogen (secondary N) is 1. The van der Waals surface area contributed by atoms with Crippen molar-refractivity contribution in [2.24, 2.45) is 5.92 Å². The molecule has 1 heterocycles. The summed E-state index contributed by atoms with van der Waals surface area (Å²) in [5, 5.41) is 3.52. The number of hydrogen-bond donors (Lipinski definition) is 1. The van der Waals surface area contributed by atoms with Gasteiger partial charge in [0, 0.05) is 13.1 Å². The molecule has 1 aliphatic heterocycles. The molecule has 112 valence electrons. The molecule has 1 fully saturated rings. The van der Waals surface area contributed by atoms with Crippen molar-refractivity contribution in [3.8, 4) is 0 Å². The van der Waals surface area contributed by atoms with Crippen LogP contribution in [-0.4, -0.2) is 31.1 Å². The van der Waals surface area contributed by atoms with Crippen molar-refractivity contribution in [2.45, 2.75) is 39.7 Å². The maximum atomic E-state index is 13.4. The van der Waals surface area contributed by atoms with Crippen molar-refractivity contribution < 1.29 is 4.39 Å². The standard InChI is InChI=1S/C17H27FN2/c1-3-8-19-11-15-5-4-9-20(12-15)13-16-10-17(18)7-6-14(16)2/h6-7,10,15,19H,3-5,8-9,11-13H2,1-2H3. The van der Waals surface area contributed by atoms with Crippen LogP contribution in [0.15, 0.2) is 18.2 Å². The first-order chi connectivity index (χ1) is 9.69. The topological polar surface area (TPSA) is 15.3 Å². The molecule has 1 N–H and O–H groups in total. The van der Waals surface area contributed by atoms with Gasteiger partial charge in [0.1, 0.15) is 5.82 Å². The van der Waals surface area contributed by atoms with E-state index >= 15 is 0 Å². The summed E-state index contributed by atoms with van der Waals surface area (Å²) < 4.78 is 13.4. The normalized spacial score (nSPS) is 20.2. The Kier molecular flexibility index (Phi) is 5.99. The van der Waals surface area contributed by atoms with Gasteiger partial charge in [-0.1, -0.05) is 13.0 Å². The largest absolute Gasteiger partial charge is 0.316 e. The Balaban J connectivity index is 1.87. The highest BCUT2D eigenvalue weighted by molar-refractivity contribution is 5.26. The molecular formula is C17H27FN2. The van der Waals surface area contributed by atoms with Gasteiger partial charge in [-0.05, 0) is 75.0 Å². The van der Waals surface area contributed by atoms with E-state index in [0.717, 1.165) is 44.2 Å². The summed E-state index contributed by atoms with van der Waals surface area (Å²) in [5.41, 5.74) is 2.32. The van der Waals surface area contributed by atoms with E-state index in [2.05, 4.69) is 24.1 Å². The van der Waals surface area contributed by atoms with Gasteiger partial charge in [-0.2, -0.15) is 0 Å². The molecule has 1 aromatic carbocycles. The van der Waals surface area contributed by atoms with Crippen molar-refractivity contribution >= 4 is 0 Å². The van der Waals surface area contributed by atoms with Gasteiger partial charge >= 0.3 is 0 Å². The highest BCUT2D eigenvalue weighted by Crippen LogP contribution is 2.20. The fourth-order valence-electron chi connectivity index (χ4n) is 3.00. The molecule has 0 saturated carbocycles. The van der Waals surface area contributed by atoms with Crippen LogP contribution in [0.3, 0.4) is 0 Å². The molecule has 1 aliphatic rings. The molecule has 1 aromatic rings. The van der Waals surface area contributed by atoms with Crippen LogP contribution in [0, 0.1) is 18.7 Å². The molecule has 20 heavy (non-hydrogen) atoms. The zero-order valence-electron chi connectivity index (χ0n) is 12.8. The lowest BCUT2D eigenvalue weighted by atomic mass is 9.97. The number of piperidine rings is 1. The van der Waals surface area contributed by atoms with E-state index in [1.165, 1.54) is 24.8 Å². The predicted octanol–water partition coefficient (Wildman–Crippen LogP) is 3.35. The lowest BCUT2D eigenvalue weighted by Crippen LogP contribution is -2.39. The van der Waals surface area contributed by atoms with Crippen molar-refractivity contribution in [2.75, 3.05) is 26.2 Å². The average Bonchev–Trinajstić information content (AvgIpc) is 2.44. The van der Waals surface area contributed by atoms with E-state index in [-0.39, 0.29) is 5.82 Å². The van der Waals surface area contributed by atoms with Crippen LogP contribution in [0.2, 0.25) is 0 Å². The molecule has 2 rings (SSSR count). The Morgan fingerprint density at radius 2 is 2.25 bits per heavy atom. The van der Waals surface area contributed by atoms with Crippen LogP contribution in [-0.2, 0) is 6.54 Å². The SMILES string of the molecule is CCCNCC1CCCN(Cc2cc(F)ccc2C)C1. The fourth-order valence-corrected chi connectivity index (χ4v) is 3.00. The number of aryl methyl sites for hydroxylation is 1. The Hall–Kier alpha value is -0.930. The Morgan fingerprint density at radius 1 is 1.40 bits per heavy atom. The van der Waals surface area contributed by atoms with Crippen LogP contribution in [0.4, 0.5) is 4.39 Å². The maximum Gasteiger partial charge on any atom is 0.123 e. The fraction of sp³-hybridized carbons (Fsp3) is 0.647. The third kappa shape index (κ3) is 4.57. The van der Waals surface area contributed by atoms with Crippen molar-refractivity contribution in [1.82, 2.24) is 10.2 Å². The number of rotatable bonds is 6. The zero-order chi connectivity index (χ0) is 14.4. The average molecular weight is 278 g/mol. The first-order valence-electron chi connectivity index (χ1n) is 7.87. The summed E-state index contributed by atoms with van der Waals surface area (Å²) in [7, 11) is 0. The van der Waals surface area contributed by atoms with Gasteiger partial charge in [0.05, 0.1) is 0 Å². The molecule has 0 amide bonds. The predicted molar refractivity (Wildman–Crippen MR) is 82.3 cm³/mol. The summed E-state index contributed by atoms with van der Waals surface area (Å²) in [4.78, 5) is 2.48. The zero-order valence-corrected chi connectivity index (χ0v) is 12.8. The summed E-state index contributed by atoms with van der Waals surface area (Å²) in [6.45, 7) is 9.65. The van der Waals surface area contributed by atoms with E-state index in [0.29, 0.717) is 0 Å². The van der Waals surface area contributed by atoms with Crippen LogP contribution >= 0.6 is 0 Å². The van der Waals surface area contributed by atoms with Crippen molar-refractivity contribution in [3.05, 3.63) is 35.1 Å². The van der Waals surface area contributed by atoms with Gasteiger partial charge in [-0.25, -0.2) is 4.39 Å². The van der Waals surface area contributed by atoms with Gasteiger partial charge in [-0.15, -0.1) is 0 Å². The minimum atomic E-state index is -0.122. The minimum Gasteiger partial charge on any atom is -0.316 e. The third-order valence-electron chi connectivity index (χ3n) is 4.17. The van der Waals surface area contributed by atoms with E-state index in [9.17, 15) is 4.39 Å². The molecule has 0 radical (unpaired) electrons. The Morgan fingerprint density at radius 3 is 3.05 bits per heavy atom. The lowest BCUT2D eigenvalue weighted by molar-refractivity contribution is 0.165. The molecule has 0 aromatic heterocycles. The lowest BCUT2D eigenvalue weighted by Gasteiger charge is -2.33. The van der Waals surface area contributed by atoms with Crippen LogP contribution < -0.4 is 5.32 Å². The van der Waals surface area contributed by atoms with Gasteiger partial charge < -0.3 is 5.32 Å². The molecule has 2 nitrogen and oxygen atoms in total. The Labute approximate surface area is 122 Å². The first-order valence-corrected chi connectivity index (χ1v) is 7.87. The minimum absolute atomic E-state index is 0.122. The van der Waals surface area contributed by atoms with Crippen molar-refractivity contribution in [3.63, 3.8) is 0 Å². The van der Waals surface area contributed by atoms with Gasteiger partial charge in [-0.3, -0.25) is 4.90 Å². The van der Waals surface area contributed by atoms with Crippen LogP contribution in [0.25, 0.3) is 0 Å². The molecule has 0 bridgehead atoms. The van der Waals surface area contributed by atoms with Gasteiger partial charge in [0.25, 0.3) is 0 Å². The second kappa shape index (κ2) is 7.75. The van der Waals surface area contributed by atoms with Crippen LogP contribution in [0.5, 0.6) is 0 Å². The summed E-state index contributed by atoms with van der Waals surface area (Å²) in [6, 6.07) is 5.12. The molecule has 0 spiro atoms. The second-order valence-electron chi connectivity index (χ2n) is 6.02. The monoisotopic (exact) mass is 278 g/mol. The first kappa shape index (κ1) is 15.5. The number of hydrogen-bond acceptors (Lipinski definition) is 2. The second-order valence-corrected chi connectivity index (χ2v) is 6.02. The van der Waals surface area contributed by atoms with Gasteiger partial charge in [0.2, 0.25) is 0 Å². The van der Waals surface area contributed by atoms with Crippen molar-refractivity contribution in [1.29, 1.82) is 0 Å². The smallest absolute Gasteiger partial charge is 0.123 e. The summed E-state index contributed by atoms with van der Waals surface area (Å²) in [6.07, 6.45) is 3.76. The Bertz CT molecular complexity index is 419. The highest BCUT2D eigenvalue weighted by Gasteiger charge is 2.20. The maximum absolute atomic E-state index is 13.4. The number of nitrogens with zero attached hydrogens (tertiary/aromatic N) is 1. The van der Waals surface area contributed by atoms with E-state index in [1.54, 1.807) is 12.1 Å². The highest BCUT2D eigenvalue weighted by atomic mass is 19.1. The van der Waals surface area contributed by atoms with E-state index in [4.69, 9.17) is 0 Å². The van der Waals surface area contributed by atoms with E-state index < -0.39 is 0 Å². The molecule has 3 heteroatoms. The van der Waals surface area contributed by atoms with E-state index in [1.807, 2.05) is 6.07 Å². The number of benzene rings is 1. The molecule has 1 atom stereocenters. The molecule has 1 unspecified atom stereocenters. The number of halogens is 1. The quantitative estimate of drug-likeness (QED) is 0.803. The van der Waals surface area contributed by atoms with Gasteiger partial charge in [0.15, 0.2) is 0 Å².